The first-order valence-corrected chi connectivity index (χ1v) is 9.65. The number of carbonyl (C=O) groups is 2. The van der Waals surface area contributed by atoms with E-state index in [1.807, 2.05) is 14.1 Å². The molecule has 0 unspecified atom stereocenters. The monoisotopic (exact) mass is 413 g/mol. The quantitative estimate of drug-likeness (QED) is 0.434. The molecule has 0 fully saturated rings. The van der Waals surface area contributed by atoms with Crippen LogP contribution >= 0.6 is 0 Å². The lowest BCUT2D eigenvalue weighted by atomic mass is 10.3. The van der Waals surface area contributed by atoms with Crippen LogP contribution in [0.25, 0.3) is 11.2 Å². The van der Waals surface area contributed by atoms with Crippen molar-refractivity contribution in [1.29, 1.82) is 0 Å². The standard InChI is InChI=1S/C19H27N9O2/c1-26(2)7-4-6-21-19(30)14-9-13(10-27(14)3)25-15(29)5-8-28-12-24-16-17(20)22-11-23-18(16)28/h9-12H,4-8H2,1-3H3,(H,21,30)(H,25,29)(H2,20,22,23). The molecule has 0 aliphatic rings. The number of fused-ring (bicyclic) bond motifs is 1. The number of aromatic nitrogens is 5. The van der Waals surface area contributed by atoms with Gasteiger partial charge in [-0.25, -0.2) is 15.0 Å². The van der Waals surface area contributed by atoms with Crippen LogP contribution in [0.1, 0.15) is 23.3 Å². The Balaban J connectivity index is 1.53. The van der Waals surface area contributed by atoms with Gasteiger partial charge in [0.2, 0.25) is 5.91 Å². The number of anilines is 2. The van der Waals surface area contributed by atoms with Crippen molar-refractivity contribution in [3.05, 3.63) is 30.6 Å². The van der Waals surface area contributed by atoms with E-state index in [0.29, 0.717) is 41.5 Å². The Hall–Kier alpha value is -3.47. The van der Waals surface area contributed by atoms with Gasteiger partial charge in [-0.3, -0.25) is 9.59 Å². The first kappa shape index (κ1) is 21.2. The van der Waals surface area contributed by atoms with Gasteiger partial charge in [-0.05, 0) is 33.1 Å². The van der Waals surface area contributed by atoms with Gasteiger partial charge in [-0.1, -0.05) is 0 Å². The van der Waals surface area contributed by atoms with E-state index < -0.39 is 0 Å². The first-order valence-electron chi connectivity index (χ1n) is 9.65. The predicted molar refractivity (Wildman–Crippen MR) is 114 cm³/mol. The van der Waals surface area contributed by atoms with E-state index in [2.05, 4.69) is 30.5 Å². The lowest BCUT2D eigenvalue weighted by Gasteiger charge is -2.10. The minimum absolute atomic E-state index is 0.168. The van der Waals surface area contributed by atoms with Crippen LogP contribution in [0.4, 0.5) is 11.5 Å². The molecular weight excluding hydrogens is 386 g/mol. The van der Waals surface area contributed by atoms with Crippen LogP contribution in [-0.4, -0.2) is 68.0 Å². The molecule has 0 saturated carbocycles. The second-order valence-corrected chi connectivity index (χ2v) is 7.30. The van der Waals surface area contributed by atoms with Crippen molar-refractivity contribution in [2.75, 3.05) is 38.2 Å². The summed E-state index contributed by atoms with van der Waals surface area (Å²) in [6.07, 6.45) is 5.76. The zero-order valence-corrected chi connectivity index (χ0v) is 17.4. The van der Waals surface area contributed by atoms with Gasteiger partial charge >= 0.3 is 0 Å². The van der Waals surface area contributed by atoms with Gasteiger partial charge in [-0.2, -0.15) is 0 Å². The van der Waals surface area contributed by atoms with E-state index in [-0.39, 0.29) is 18.2 Å². The molecule has 0 saturated heterocycles. The number of amides is 2. The molecule has 0 aliphatic carbocycles. The number of nitrogens with one attached hydrogen (secondary N) is 2. The Morgan fingerprint density at radius 3 is 2.80 bits per heavy atom. The van der Waals surface area contributed by atoms with E-state index in [0.717, 1.165) is 13.0 Å². The van der Waals surface area contributed by atoms with Crippen molar-refractivity contribution >= 4 is 34.5 Å². The summed E-state index contributed by atoms with van der Waals surface area (Å²) in [7, 11) is 5.75. The largest absolute Gasteiger partial charge is 0.382 e. The number of nitrogens with zero attached hydrogens (tertiary/aromatic N) is 6. The smallest absolute Gasteiger partial charge is 0.267 e. The lowest BCUT2D eigenvalue weighted by Crippen LogP contribution is -2.28. The fraction of sp³-hybridized carbons (Fsp3) is 0.421. The fourth-order valence-electron chi connectivity index (χ4n) is 3.05. The van der Waals surface area contributed by atoms with Gasteiger partial charge in [0.05, 0.1) is 12.0 Å². The van der Waals surface area contributed by atoms with Crippen LogP contribution in [0.5, 0.6) is 0 Å². The fourth-order valence-corrected chi connectivity index (χ4v) is 3.05. The van der Waals surface area contributed by atoms with Crippen LogP contribution in [0, 0.1) is 0 Å². The molecule has 160 valence electrons. The SMILES string of the molecule is CN(C)CCCNC(=O)c1cc(NC(=O)CCn2cnc3c(N)ncnc32)cn1C. The molecule has 0 aromatic carbocycles. The summed E-state index contributed by atoms with van der Waals surface area (Å²) in [5.41, 5.74) is 7.94. The maximum atomic E-state index is 12.4. The number of aryl methyl sites for hydroxylation is 2. The third-order valence-corrected chi connectivity index (χ3v) is 4.60. The highest BCUT2D eigenvalue weighted by atomic mass is 16.2. The second-order valence-electron chi connectivity index (χ2n) is 7.30. The van der Waals surface area contributed by atoms with Crippen molar-refractivity contribution in [1.82, 2.24) is 34.3 Å². The molecule has 3 heterocycles. The third-order valence-electron chi connectivity index (χ3n) is 4.60. The van der Waals surface area contributed by atoms with Crippen LogP contribution in [0.15, 0.2) is 24.9 Å². The van der Waals surface area contributed by atoms with Crippen molar-refractivity contribution < 1.29 is 9.59 Å². The maximum absolute atomic E-state index is 12.4. The van der Waals surface area contributed by atoms with Crippen LogP contribution in [0.2, 0.25) is 0 Å². The highest BCUT2D eigenvalue weighted by Crippen LogP contribution is 2.16. The summed E-state index contributed by atoms with van der Waals surface area (Å²) < 4.78 is 3.45. The molecule has 0 spiro atoms. The van der Waals surface area contributed by atoms with Gasteiger partial charge < -0.3 is 30.4 Å². The van der Waals surface area contributed by atoms with Crippen molar-refractivity contribution in [3.8, 4) is 0 Å². The maximum Gasteiger partial charge on any atom is 0.267 e. The van der Waals surface area contributed by atoms with Gasteiger partial charge in [0, 0.05) is 32.8 Å². The Morgan fingerprint density at radius 2 is 2.03 bits per heavy atom. The Bertz CT molecular complexity index is 1040. The molecule has 0 radical (unpaired) electrons. The van der Waals surface area contributed by atoms with E-state index in [1.54, 1.807) is 34.8 Å². The summed E-state index contributed by atoms with van der Waals surface area (Å²) in [6, 6.07) is 1.67. The number of rotatable bonds is 9. The average Bonchev–Trinajstić information content (AvgIpc) is 3.27. The van der Waals surface area contributed by atoms with Crippen molar-refractivity contribution in [3.63, 3.8) is 0 Å². The Kier molecular flexibility index (Phi) is 6.62. The highest BCUT2D eigenvalue weighted by Gasteiger charge is 2.14. The number of carbonyl (C=O) groups excluding carboxylic acids is 2. The number of nitrogen functional groups attached to an aromatic ring is 1. The summed E-state index contributed by atoms with van der Waals surface area (Å²) >= 11 is 0. The van der Waals surface area contributed by atoms with E-state index in [1.165, 1.54) is 6.33 Å². The molecule has 2 amide bonds. The summed E-state index contributed by atoms with van der Waals surface area (Å²) in [6.45, 7) is 1.89. The first-order chi connectivity index (χ1) is 14.3. The lowest BCUT2D eigenvalue weighted by molar-refractivity contribution is -0.116. The molecule has 0 atom stereocenters. The number of imidazole rings is 1. The third kappa shape index (κ3) is 5.11. The molecule has 0 aliphatic heterocycles. The molecule has 11 heteroatoms. The van der Waals surface area contributed by atoms with E-state index >= 15 is 0 Å². The predicted octanol–water partition coefficient (Wildman–Crippen LogP) is 0.457. The minimum atomic E-state index is -0.178. The molecule has 11 nitrogen and oxygen atoms in total. The van der Waals surface area contributed by atoms with Crippen molar-refractivity contribution in [2.45, 2.75) is 19.4 Å². The van der Waals surface area contributed by atoms with Crippen LogP contribution < -0.4 is 16.4 Å². The van der Waals surface area contributed by atoms with Crippen molar-refractivity contribution in [2.24, 2.45) is 7.05 Å². The van der Waals surface area contributed by atoms with Gasteiger partial charge in [0.1, 0.15) is 17.5 Å². The minimum Gasteiger partial charge on any atom is -0.382 e. The number of hydrogen-bond donors (Lipinski definition) is 3. The van der Waals surface area contributed by atoms with Gasteiger partial charge in [0.25, 0.3) is 5.91 Å². The van der Waals surface area contributed by atoms with E-state index in [9.17, 15) is 9.59 Å². The van der Waals surface area contributed by atoms with Crippen LogP contribution in [-0.2, 0) is 18.4 Å². The highest BCUT2D eigenvalue weighted by molar-refractivity contribution is 5.96. The van der Waals surface area contributed by atoms with Gasteiger partial charge in [-0.15, -0.1) is 0 Å². The normalized spacial score (nSPS) is 11.2. The number of nitrogens with two attached hydrogens (primary N) is 1. The zero-order valence-electron chi connectivity index (χ0n) is 17.4. The number of hydrogen-bond acceptors (Lipinski definition) is 7. The Labute approximate surface area is 174 Å². The summed E-state index contributed by atoms with van der Waals surface area (Å²) in [4.78, 5) is 39.0. The molecular formula is C19H27N9O2. The molecule has 4 N–H and O–H groups in total. The summed E-state index contributed by atoms with van der Waals surface area (Å²) in [5, 5.41) is 5.72. The molecule has 3 aromatic rings. The molecule has 3 aromatic heterocycles. The van der Waals surface area contributed by atoms with Crippen LogP contribution in [0.3, 0.4) is 0 Å². The Morgan fingerprint density at radius 1 is 1.23 bits per heavy atom. The van der Waals surface area contributed by atoms with Gasteiger partial charge in [0.15, 0.2) is 11.5 Å². The van der Waals surface area contributed by atoms with E-state index in [4.69, 9.17) is 5.73 Å². The summed E-state index contributed by atoms with van der Waals surface area (Å²) in [5.74, 6) is -0.0404. The topological polar surface area (TPSA) is 136 Å². The second kappa shape index (κ2) is 9.35. The average molecular weight is 413 g/mol. The molecule has 0 bridgehead atoms. The molecule has 30 heavy (non-hydrogen) atoms. The zero-order chi connectivity index (χ0) is 21.7. The molecule has 3 rings (SSSR count).